The van der Waals surface area contributed by atoms with Crippen LogP contribution in [0.5, 0.6) is 5.88 Å². The first-order valence-corrected chi connectivity index (χ1v) is 11.1. The molecule has 3 rings (SSSR count). The van der Waals surface area contributed by atoms with E-state index in [1.54, 1.807) is 20.8 Å². The van der Waals surface area contributed by atoms with Crippen molar-refractivity contribution < 1.29 is 37.0 Å². The molecule has 2 amide bonds. The zero-order valence-corrected chi connectivity index (χ0v) is 19.8. The Kier molecular flexibility index (Phi) is 8.42. The Hall–Kier alpha value is -3.50. The van der Waals surface area contributed by atoms with Crippen molar-refractivity contribution >= 4 is 12.2 Å². The molecule has 35 heavy (non-hydrogen) atoms. The van der Waals surface area contributed by atoms with Gasteiger partial charge in [-0.3, -0.25) is 0 Å². The number of ether oxygens (including phenoxy) is 3. The number of hydrogen-bond acceptors (Lipinski definition) is 6. The second kappa shape index (κ2) is 11.3. The maximum absolute atomic E-state index is 13.8. The van der Waals surface area contributed by atoms with Gasteiger partial charge < -0.3 is 24.0 Å². The summed E-state index contributed by atoms with van der Waals surface area (Å²) >= 11 is 0. The summed E-state index contributed by atoms with van der Waals surface area (Å²) in [6.45, 7) is 5.64. The molecular formula is C24H28F3N3O5. The Morgan fingerprint density at radius 3 is 2.46 bits per heavy atom. The van der Waals surface area contributed by atoms with Crippen LogP contribution in [-0.2, 0) is 16.1 Å². The van der Waals surface area contributed by atoms with Gasteiger partial charge in [-0.1, -0.05) is 30.3 Å². The molecule has 0 bridgehead atoms. The minimum atomic E-state index is -1.48. The van der Waals surface area contributed by atoms with Crippen LogP contribution in [0.4, 0.5) is 22.8 Å². The highest BCUT2D eigenvalue weighted by Crippen LogP contribution is 2.21. The molecule has 1 aliphatic heterocycles. The van der Waals surface area contributed by atoms with Crippen molar-refractivity contribution in [3.8, 4) is 5.88 Å². The number of piperazine rings is 1. The fourth-order valence-corrected chi connectivity index (χ4v) is 3.46. The lowest BCUT2D eigenvalue weighted by atomic mass is 10.1. The number of nitrogens with zero attached hydrogens (tertiary/aromatic N) is 3. The zero-order chi connectivity index (χ0) is 25.6. The van der Waals surface area contributed by atoms with Gasteiger partial charge in [-0.05, 0) is 26.3 Å². The molecule has 0 N–H and O–H groups in total. The van der Waals surface area contributed by atoms with Crippen LogP contribution in [-0.4, -0.2) is 64.9 Å². The molecule has 1 aromatic carbocycles. The van der Waals surface area contributed by atoms with Crippen molar-refractivity contribution in [2.24, 2.45) is 0 Å². The molecule has 2 aromatic rings. The largest absolute Gasteiger partial charge is 0.475 e. The van der Waals surface area contributed by atoms with Gasteiger partial charge in [-0.25, -0.2) is 18.4 Å². The summed E-state index contributed by atoms with van der Waals surface area (Å²) in [5.74, 6) is -4.75. The van der Waals surface area contributed by atoms with Gasteiger partial charge >= 0.3 is 12.2 Å². The normalized spacial score (nSPS) is 16.1. The fraction of sp³-hybridized carbons (Fsp3) is 0.458. The Balaban J connectivity index is 1.65. The molecule has 1 aliphatic rings. The van der Waals surface area contributed by atoms with Gasteiger partial charge in [-0.15, -0.1) is 0 Å². The van der Waals surface area contributed by atoms with E-state index in [-0.39, 0.29) is 39.3 Å². The molecule has 0 aliphatic carbocycles. The van der Waals surface area contributed by atoms with E-state index >= 15 is 0 Å². The van der Waals surface area contributed by atoms with E-state index in [1.807, 2.05) is 30.3 Å². The molecule has 1 fully saturated rings. The van der Waals surface area contributed by atoms with Crippen molar-refractivity contribution in [3.63, 3.8) is 0 Å². The van der Waals surface area contributed by atoms with Gasteiger partial charge in [0.2, 0.25) is 0 Å². The molecule has 1 atom stereocenters. The molecule has 0 radical (unpaired) electrons. The highest BCUT2D eigenvalue weighted by Gasteiger charge is 2.35. The molecule has 2 heterocycles. The number of pyridine rings is 1. The van der Waals surface area contributed by atoms with Gasteiger partial charge in [-0.2, -0.15) is 9.37 Å². The molecule has 0 saturated carbocycles. The second-order valence-electron chi connectivity index (χ2n) is 9.00. The van der Waals surface area contributed by atoms with Crippen LogP contribution in [0.25, 0.3) is 0 Å². The summed E-state index contributed by atoms with van der Waals surface area (Å²) in [5, 5.41) is 0. The number of rotatable bonds is 6. The first-order chi connectivity index (χ1) is 16.5. The quantitative estimate of drug-likeness (QED) is 0.548. The van der Waals surface area contributed by atoms with E-state index in [9.17, 15) is 22.8 Å². The van der Waals surface area contributed by atoms with Crippen molar-refractivity contribution in [2.45, 2.75) is 45.4 Å². The van der Waals surface area contributed by atoms with Gasteiger partial charge in [0, 0.05) is 32.1 Å². The first kappa shape index (κ1) is 26.1. The van der Waals surface area contributed by atoms with Crippen LogP contribution >= 0.6 is 0 Å². The van der Waals surface area contributed by atoms with E-state index in [0.717, 1.165) is 5.56 Å². The molecule has 1 saturated heterocycles. The number of carbonyl (C=O) groups excluding carboxylic acids is 2. The second-order valence-corrected chi connectivity index (χ2v) is 9.00. The third-order valence-electron chi connectivity index (χ3n) is 5.12. The van der Waals surface area contributed by atoms with E-state index in [0.29, 0.717) is 6.07 Å². The Morgan fingerprint density at radius 2 is 1.77 bits per heavy atom. The van der Waals surface area contributed by atoms with Crippen LogP contribution in [0.15, 0.2) is 36.4 Å². The lowest BCUT2D eigenvalue weighted by molar-refractivity contribution is -0.00629. The third-order valence-corrected chi connectivity index (χ3v) is 5.12. The van der Waals surface area contributed by atoms with Crippen molar-refractivity contribution in [3.05, 3.63) is 59.5 Å². The first-order valence-electron chi connectivity index (χ1n) is 11.1. The third kappa shape index (κ3) is 7.49. The number of aromatic nitrogens is 1. The molecule has 11 heteroatoms. The van der Waals surface area contributed by atoms with Crippen LogP contribution < -0.4 is 4.74 Å². The highest BCUT2D eigenvalue weighted by atomic mass is 19.2. The van der Waals surface area contributed by atoms with Gasteiger partial charge in [0.25, 0.3) is 11.8 Å². The Morgan fingerprint density at radius 1 is 1.06 bits per heavy atom. The summed E-state index contributed by atoms with van der Waals surface area (Å²) < 4.78 is 56.3. The SMILES string of the molecule is CC(C)(C)OC(=O)N1CCN(C(=O)OCc2ccccc2)C[C@H]1CCOc1nc(F)c(F)cc1F. The molecule has 0 unspecified atom stereocenters. The van der Waals surface area contributed by atoms with Crippen LogP contribution in [0.1, 0.15) is 32.8 Å². The van der Waals surface area contributed by atoms with E-state index in [1.165, 1.54) is 9.80 Å². The molecule has 8 nitrogen and oxygen atoms in total. The minimum Gasteiger partial charge on any atom is -0.475 e. The number of halogens is 3. The molecular weight excluding hydrogens is 467 g/mol. The van der Waals surface area contributed by atoms with E-state index in [2.05, 4.69) is 4.98 Å². The Labute approximate surface area is 201 Å². The lowest BCUT2D eigenvalue weighted by Crippen LogP contribution is -2.57. The average molecular weight is 495 g/mol. The monoisotopic (exact) mass is 495 g/mol. The predicted molar refractivity (Wildman–Crippen MR) is 119 cm³/mol. The molecule has 190 valence electrons. The number of carbonyl (C=O) groups is 2. The van der Waals surface area contributed by atoms with E-state index < -0.39 is 47.3 Å². The molecule has 0 spiro atoms. The zero-order valence-electron chi connectivity index (χ0n) is 19.8. The maximum Gasteiger partial charge on any atom is 0.410 e. The fourth-order valence-electron chi connectivity index (χ4n) is 3.46. The summed E-state index contributed by atoms with van der Waals surface area (Å²) in [4.78, 5) is 31.4. The van der Waals surface area contributed by atoms with Crippen molar-refractivity contribution in [2.75, 3.05) is 26.2 Å². The smallest absolute Gasteiger partial charge is 0.410 e. The van der Waals surface area contributed by atoms with Crippen molar-refractivity contribution in [1.29, 1.82) is 0 Å². The Bertz CT molecular complexity index is 1030. The summed E-state index contributed by atoms with van der Waals surface area (Å²) in [5.41, 5.74) is 0.0991. The lowest BCUT2D eigenvalue weighted by Gasteiger charge is -2.41. The average Bonchev–Trinajstić information content (AvgIpc) is 2.80. The standard InChI is InChI=1S/C24H28F3N3O5/c1-24(2,3)35-23(32)30-11-10-29(22(31)34-15-16-7-5-4-6-8-16)14-17(30)9-12-33-21-19(26)13-18(25)20(27)28-21/h4-8,13,17H,9-12,14-15H2,1-3H3/t17-/m1/s1. The van der Waals surface area contributed by atoms with Crippen LogP contribution in [0, 0.1) is 17.6 Å². The summed E-state index contributed by atoms with van der Waals surface area (Å²) in [6, 6.07) is 8.98. The topological polar surface area (TPSA) is 81.2 Å². The molecule has 1 aromatic heterocycles. The van der Waals surface area contributed by atoms with Gasteiger partial charge in [0.15, 0.2) is 11.6 Å². The van der Waals surface area contributed by atoms with Crippen LogP contribution in [0.2, 0.25) is 0 Å². The summed E-state index contributed by atoms with van der Waals surface area (Å²) in [7, 11) is 0. The maximum atomic E-state index is 13.8. The number of amides is 2. The van der Waals surface area contributed by atoms with Gasteiger partial charge in [0.1, 0.15) is 12.2 Å². The van der Waals surface area contributed by atoms with Crippen molar-refractivity contribution in [1.82, 2.24) is 14.8 Å². The minimum absolute atomic E-state index is 0.0980. The van der Waals surface area contributed by atoms with E-state index in [4.69, 9.17) is 14.2 Å². The van der Waals surface area contributed by atoms with Gasteiger partial charge in [0.05, 0.1) is 12.6 Å². The number of hydrogen-bond donors (Lipinski definition) is 0. The van der Waals surface area contributed by atoms with Crippen LogP contribution in [0.3, 0.4) is 0 Å². The highest BCUT2D eigenvalue weighted by molar-refractivity contribution is 5.71. The number of benzene rings is 1. The summed E-state index contributed by atoms with van der Waals surface area (Å²) in [6.07, 6.45) is -0.976. The predicted octanol–water partition coefficient (Wildman–Crippen LogP) is 4.53.